The van der Waals surface area contributed by atoms with E-state index in [2.05, 4.69) is 15.4 Å². The Morgan fingerprint density at radius 1 is 1.28 bits per heavy atom. The molecule has 1 aliphatic carbocycles. The number of hydrogen-bond acceptors (Lipinski definition) is 6. The van der Waals surface area contributed by atoms with Gasteiger partial charge in [0.25, 0.3) is 5.91 Å². The van der Waals surface area contributed by atoms with Crippen molar-refractivity contribution in [1.82, 2.24) is 5.32 Å². The maximum Gasteiger partial charge on any atom is 0.495 e. The van der Waals surface area contributed by atoms with E-state index in [9.17, 15) is 18.7 Å². The molecule has 0 atom stereocenters. The minimum Gasteiger partial charge on any atom is -0.434 e. The maximum atomic E-state index is 13.1. The van der Waals surface area contributed by atoms with Crippen molar-refractivity contribution in [3.8, 4) is 5.75 Å². The lowest BCUT2D eigenvalue weighted by Gasteiger charge is -2.32. The molecule has 0 radical (unpaired) electrons. The van der Waals surface area contributed by atoms with Gasteiger partial charge >= 0.3 is 13.7 Å². The van der Waals surface area contributed by atoms with Crippen LogP contribution in [0.5, 0.6) is 5.75 Å². The quantitative estimate of drug-likeness (QED) is 0.566. The van der Waals surface area contributed by atoms with Crippen LogP contribution in [0.4, 0.5) is 14.5 Å². The summed E-state index contributed by atoms with van der Waals surface area (Å²) in [5, 5.41) is 14.9. The van der Waals surface area contributed by atoms with Crippen LogP contribution in [0.3, 0.4) is 0 Å². The van der Waals surface area contributed by atoms with E-state index in [1.54, 1.807) is 6.07 Å². The molecule has 3 N–H and O–H groups in total. The van der Waals surface area contributed by atoms with Gasteiger partial charge in [-0.25, -0.2) is 0 Å². The minimum absolute atomic E-state index is 0.0362. The summed E-state index contributed by atoms with van der Waals surface area (Å²) in [7, 11) is -0.824. The first kappa shape index (κ1) is 21.8. The molecule has 0 spiro atoms. The van der Waals surface area contributed by atoms with Crippen LogP contribution >= 0.6 is 0 Å². The first-order valence-corrected chi connectivity index (χ1v) is 9.68. The molecule has 1 heterocycles. The number of alkyl halides is 2. The summed E-state index contributed by atoms with van der Waals surface area (Å²) in [6, 6.07) is 2.99. The first-order chi connectivity index (χ1) is 13.5. The fourth-order valence-electron chi connectivity index (χ4n) is 2.99. The van der Waals surface area contributed by atoms with Crippen LogP contribution in [-0.2, 0) is 9.31 Å². The molecule has 10 heteroatoms. The van der Waals surface area contributed by atoms with Crippen molar-refractivity contribution in [3.63, 3.8) is 0 Å². The Balaban J connectivity index is 2.02. The van der Waals surface area contributed by atoms with Gasteiger partial charge in [0.1, 0.15) is 11.3 Å². The monoisotopic (exact) mass is 412 g/mol. The van der Waals surface area contributed by atoms with Crippen molar-refractivity contribution >= 4 is 24.2 Å². The third kappa shape index (κ3) is 4.81. The Bertz CT molecular complexity index is 755. The molecule has 160 valence electrons. The maximum absolute atomic E-state index is 13.1. The molecule has 1 aromatic carbocycles. The Morgan fingerprint density at radius 3 is 2.41 bits per heavy atom. The number of anilines is 1. The largest absolute Gasteiger partial charge is 0.495 e. The number of nitrogens with one attached hydrogen (secondary N) is 2. The molecular formula is C19H27BF2N2O5. The van der Waals surface area contributed by atoms with Gasteiger partial charge in [0, 0.05) is 12.6 Å². The molecule has 3 rings (SSSR count). The third-order valence-corrected chi connectivity index (χ3v) is 5.43. The van der Waals surface area contributed by atoms with Crippen molar-refractivity contribution < 1.29 is 32.7 Å². The number of halogens is 2. The number of carbonyl (C=O) groups is 1. The van der Waals surface area contributed by atoms with Gasteiger partial charge in [-0.2, -0.15) is 8.78 Å². The highest BCUT2D eigenvalue weighted by Gasteiger charge is 2.52. The van der Waals surface area contributed by atoms with Gasteiger partial charge in [-0.3, -0.25) is 4.79 Å². The second kappa shape index (κ2) is 8.08. The standard InChI is InChI=1S/C19H27BF2N2O5/c1-18(2)19(3,4)29-20(28-18)11-9-13(23-7-8-25)15(14(10-11)27-17(21)22)16(26)24-12-5-6-12/h9-10,12,17,23,25H,5-8H2,1-4H3,(H,24,26). The fourth-order valence-corrected chi connectivity index (χ4v) is 2.99. The fraction of sp³-hybridized carbons (Fsp3) is 0.632. The molecule has 1 saturated heterocycles. The number of ether oxygens (including phenoxy) is 1. The predicted molar refractivity (Wildman–Crippen MR) is 105 cm³/mol. The van der Waals surface area contributed by atoms with Crippen molar-refractivity contribution in [2.75, 3.05) is 18.5 Å². The van der Waals surface area contributed by atoms with Gasteiger partial charge in [-0.1, -0.05) is 0 Å². The van der Waals surface area contributed by atoms with Crippen LogP contribution in [0.15, 0.2) is 12.1 Å². The van der Waals surface area contributed by atoms with Crippen LogP contribution in [-0.4, -0.2) is 55.1 Å². The normalized spacial score (nSPS) is 20.1. The molecule has 1 aliphatic heterocycles. The van der Waals surface area contributed by atoms with Crippen LogP contribution < -0.4 is 20.8 Å². The highest BCUT2D eigenvalue weighted by molar-refractivity contribution is 6.62. The molecule has 7 nitrogen and oxygen atoms in total. The average Bonchev–Trinajstić information content (AvgIpc) is 3.37. The number of carbonyl (C=O) groups excluding carboxylic acids is 1. The second-order valence-electron chi connectivity index (χ2n) is 8.31. The second-order valence-corrected chi connectivity index (χ2v) is 8.31. The molecule has 0 aromatic heterocycles. The van der Waals surface area contributed by atoms with E-state index in [4.69, 9.17) is 9.31 Å². The zero-order valence-corrected chi connectivity index (χ0v) is 17.1. The minimum atomic E-state index is -3.11. The molecule has 0 bridgehead atoms. The molecular weight excluding hydrogens is 385 g/mol. The summed E-state index contributed by atoms with van der Waals surface area (Å²) in [6.45, 7) is 4.34. The summed E-state index contributed by atoms with van der Waals surface area (Å²) < 4.78 is 42.9. The summed E-state index contributed by atoms with van der Waals surface area (Å²) >= 11 is 0. The Kier molecular flexibility index (Phi) is 6.07. The van der Waals surface area contributed by atoms with Crippen molar-refractivity contribution in [2.45, 2.75) is 64.4 Å². The Labute approximate surface area is 169 Å². The zero-order chi connectivity index (χ0) is 21.4. The number of aliphatic hydroxyl groups is 1. The van der Waals surface area contributed by atoms with Crippen molar-refractivity contribution in [2.24, 2.45) is 0 Å². The topological polar surface area (TPSA) is 89.0 Å². The van der Waals surface area contributed by atoms with Gasteiger partial charge in [0.15, 0.2) is 0 Å². The lowest BCUT2D eigenvalue weighted by atomic mass is 9.78. The smallest absolute Gasteiger partial charge is 0.434 e. The molecule has 1 amide bonds. The molecule has 1 aromatic rings. The molecule has 2 fully saturated rings. The van der Waals surface area contributed by atoms with Gasteiger partial charge in [-0.05, 0) is 58.1 Å². The van der Waals surface area contributed by atoms with Crippen molar-refractivity contribution in [1.29, 1.82) is 0 Å². The van der Waals surface area contributed by atoms with Gasteiger partial charge in [0.2, 0.25) is 0 Å². The third-order valence-electron chi connectivity index (χ3n) is 5.43. The SMILES string of the molecule is CC1(C)OB(c2cc(NCCO)c(C(=O)NC3CC3)c(OC(F)F)c2)OC1(C)C. The van der Waals surface area contributed by atoms with Crippen LogP contribution in [0.25, 0.3) is 0 Å². The highest BCUT2D eigenvalue weighted by atomic mass is 19.3. The van der Waals surface area contributed by atoms with E-state index in [0.29, 0.717) is 5.46 Å². The van der Waals surface area contributed by atoms with Crippen LogP contribution in [0, 0.1) is 0 Å². The lowest BCUT2D eigenvalue weighted by Crippen LogP contribution is -2.41. The van der Waals surface area contributed by atoms with Crippen molar-refractivity contribution in [3.05, 3.63) is 17.7 Å². The zero-order valence-electron chi connectivity index (χ0n) is 17.1. The first-order valence-electron chi connectivity index (χ1n) is 9.68. The summed E-state index contributed by atoms with van der Waals surface area (Å²) in [6.07, 6.45) is 1.70. The number of benzene rings is 1. The Hall–Kier alpha value is -1.91. The summed E-state index contributed by atoms with van der Waals surface area (Å²) in [5.74, 6) is -0.783. The molecule has 2 aliphatic rings. The summed E-state index contributed by atoms with van der Waals surface area (Å²) in [5.41, 5.74) is -0.585. The van der Waals surface area contributed by atoms with E-state index >= 15 is 0 Å². The number of aliphatic hydroxyl groups excluding tert-OH is 1. The average molecular weight is 412 g/mol. The molecule has 1 saturated carbocycles. The van der Waals surface area contributed by atoms with E-state index in [1.807, 2.05) is 27.7 Å². The van der Waals surface area contributed by atoms with Gasteiger partial charge in [-0.15, -0.1) is 0 Å². The van der Waals surface area contributed by atoms with E-state index in [-0.39, 0.29) is 36.2 Å². The number of rotatable bonds is 8. The van der Waals surface area contributed by atoms with E-state index in [0.717, 1.165) is 12.8 Å². The number of hydrogen-bond donors (Lipinski definition) is 3. The van der Waals surface area contributed by atoms with Gasteiger partial charge in [0.05, 0.1) is 23.5 Å². The lowest BCUT2D eigenvalue weighted by molar-refractivity contribution is -0.0500. The predicted octanol–water partition coefficient (Wildman–Crippen LogP) is 1.88. The highest BCUT2D eigenvalue weighted by Crippen LogP contribution is 2.37. The summed E-state index contributed by atoms with van der Waals surface area (Å²) in [4.78, 5) is 12.7. The van der Waals surface area contributed by atoms with E-state index in [1.165, 1.54) is 6.07 Å². The Morgan fingerprint density at radius 2 is 1.90 bits per heavy atom. The van der Waals surface area contributed by atoms with E-state index < -0.39 is 30.8 Å². The molecule has 0 unspecified atom stereocenters. The molecule has 29 heavy (non-hydrogen) atoms. The van der Waals surface area contributed by atoms with Gasteiger partial charge < -0.3 is 29.8 Å². The number of amides is 1. The van der Waals surface area contributed by atoms with Crippen LogP contribution in [0.1, 0.15) is 50.9 Å². The van der Waals surface area contributed by atoms with Crippen LogP contribution in [0.2, 0.25) is 0 Å².